The third-order valence-corrected chi connectivity index (χ3v) is 18.5. The van der Waals surface area contributed by atoms with Gasteiger partial charge in [-0.05, 0) is 246 Å². The first kappa shape index (κ1) is 76.6. The van der Waals surface area contributed by atoms with E-state index in [4.69, 9.17) is 14.2 Å². The van der Waals surface area contributed by atoms with Crippen LogP contribution in [0.5, 0.6) is 11.5 Å². The number of carbonyl (C=O) groups excluding carboxylic acids is 3. The summed E-state index contributed by atoms with van der Waals surface area (Å²) in [6.07, 6.45) is 6.16. The van der Waals surface area contributed by atoms with Crippen LogP contribution in [0.1, 0.15) is 52.3 Å². The monoisotopic (exact) mass is 1440 g/mol. The van der Waals surface area contributed by atoms with E-state index in [0.29, 0.717) is 38.2 Å². The molecule has 0 aliphatic rings. The van der Waals surface area contributed by atoms with Gasteiger partial charge in [0.25, 0.3) is 0 Å². The second-order valence-corrected chi connectivity index (χ2v) is 26.3. The number of nitrogens with zero attached hydrogens (tertiary/aromatic N) is 3. The van der Waals surface area contributed by atoms with Gasteiger partial charge in [-0.15, -0.1) is 0 Å². The molecule has 2 N–H and O–H groups in total. The van der Waals surface area contributed by atoms with Gasteiger partial charge >= 0.3 is 17.9 Å². The van der Waals surface area contributed by atoms with Crippen LogP contribution in [-0.4, -0.2) is 47.9 Å². The second-order valence-electron chi connectivity index (χ2n) is 26.3. The molecule has 0 bridgehead atoms. The minimum Gasteiger partial charge on any atom is -0.508 e. The second kappa shape index (κ2) is 38.5. The normalized spacial score (nSPS) is 10.6. The number of benzene rings is 13. The minimum atomic E-state index is -0.420. The summed E-state index contributed by atoms with van der Waals surface area (Å²) in [5, 5.41) is 19.2. The summed E-state index contributed by atoms with van der Waals surface area (Å²) >= 11 is 0. The number of anilines is 9. The lowest BCUT2D eigenvalue weighted by molar-refractivity contribution is -0.139. The number of phenols is 2. The summed E-state index contributed by atoms with van der Waals surface area (Å²) in [5.41, 5.74) is 25.0. The van der Waals surface area contributed by atoms with Crippen molar-refractivity contribution in [3.8, 4) is 44.9 Å². The van der Waals surface area contributed by atoms with Crippen molar-refractivity contribution in [2.45, 2.75) is 52.9 Å². The molecule has 13 rings (SSSR count). The Bertz CT molecular complexity index is 4970. The topological polar surface area (TPSA) is 129 Å². The molecule has 11 nitrogen and oxygen atoms in total. The Labute approximate surface area is 640 Å². The molecule has 544 valence electrons. The third kappa shape index (κ3) is 21.8. The van der Waals surface area contributed by atoms with Gasteiger partial charge in [0.2, 0.25) is 0 Å². The van der Waals surface area contributed by atoms with E-state index in [1.165, 1.54) is 40.0 Å². The molecule has 0 unspecified atom stereocenters. The van der Waals surface area contributed by atoms with Crippen LogP contribution in [0.25, 0.3) is 33.4 Å². The van der Waals surface area contributed by atoms with E-state index in [-0.39, 0.29) is 23.4 Å². The zero-order valence-electron chi connectivity index (χ0n) is 61.8. The predicted molar refractivity (Wildman–Crippen MR) is 446 cm³/mol. The van der Waals surface area contributed by atoms with E-state index in [2.05, 4.69) is 285 Å². The van der Waals surface area contributed by atoms with Crippen molar-refractivity contribution >= 4 is 69.1 Å². The molecule has 0 radical (unpaired) electrons. The van der Waals surface area contributed by atoms with Crippen LogP contribution in [0.15, 0.2) is 365 Å². The van der Waals surface area contributed by atoms with Crippen LogP contribution in [-0.2, 0) is 54.3 Å². The number of ether oxygens (including phenoxy) is 3. The highest BCUT2D eigenvalue weighted by Crippen LogP contribution is 2.40. The average molecular weight is 1440 g/mol. The molecule has 0 aliphatic heterocycles. The fraction of sp³-hybridized carbons (Fsp3) is 0.112. The third-order valence-electron chi connectivity index (χ3n) is 18.5. The Kier molecular flexibility index (Phi) is 27.1. The lowest BCUT2D eigenvalue weighted by Crippen LogP contribution is -2.11. The Morgan fingerprint density at radius 2 is 0.606 bits per heavy atom. The number of aryl methyl sites for hydroxylation is 3. The van der Waals surface area contributed by atoms with E-state index >= 15 is 0 Å². The molecule has 0 saturated carbocycles. The Balaban J connectivity index is 0.000000169. The first-order valence-corrected chi connectivity index (χ1v) is 36.4. The van der Waals surface area contributed by atoms with Crippen molar-refractivity contribution in [3.63, 3.8) is 0 Å². The molecule has 0 spiro atoms. The molecule has 109 heavy (non-hydrogen) atoms. The van der Waals surface area contributed by atoms with E-state index < -0.39 is 5.97 Å². The number of hydrogen-bond acceptors (Lipinski definition) is 11. The van der Waals surface area contributed by atoms with E-state index in [1.54, 1.807) is 31.2 Å². The molecular weight excluding hydrogens is 1350 g/mol. The molecule has 11 heteroatoms. The number of hydrogen-bond donors (Lipinski definition) is 2. The fourth-order valence-electron chi connectivity index (χ4n) is 12.4. The zero-order chi connectivity index (χ0) is 76.3. The summed E-state index contributed by atoms with van der Waals surface area (Å²) in [6.45, 7) is 17.4. The van der Waals surface area contributed by atoms with Crippen molar-refractivity contribution in [3.05, 3.63) is 404 Å². The van der Waals surface area contributed by atoms with Gasteiger partial charge in [0.15, 0.2) is 0 Å². The van der Waals surface area contributed by atoms with Gasteiger partial charge in [0.05, 0.1) is 19.8 Å². The maximum Gasteiger partial charge on any atom is 0.333 e. The van der Waals surface area contributed by atoms with Gasteiger partial charge in [-0.2, -0.15) is 0 Å². The molecular formula is C98H89N3O8. The van der Waals surface area contributed by atoms with E-state index in [9.17, 15) is 24.6 Å². The number of carbonyl (C=O) groups is 3. The van der Waals surface area contributed by atoms with Gasteiger partial charge in [-0.1, -0.05) is 214 Å². The van der Waals surface area contributed by atoms with Crippen molar-refractivity contribution < 1.29 is 38.8 Å². The van der Waals surface area contributed by atoms with Crippen molar-refractivity contribution in [2.24, 2.45) is 0 Å². The van der Waals surface area contributed by atoms with E-state index in [0.717, 1.165) is 115 Å². The van der Waals surface area contributed by atoms with Gasteiger partial charge in [0, 0.05) is 81.8 Å². The maximum atomic E-state index is 11.8. The molecule has 0 aliphatic carbocycles. The van der Waals surface area contributed by atoms with Gasteiger partial charge in [-0.25, -0.2) is 14.4 Å². The van der Waals surface area contributed by atoms with Gasteiger partial charge in [0.1, 0.15) is 11.5 Å². The number of aromatic hydroxyl groups is 2. The van der Waals surface area contributed by atoms with Crippen molar-refractivity contribution in [2.75, 3.05) is 34.5 Å². The Morgan fingerprint density at radius 3 is 0.972 bits per heavy atom. The van der Waals surface area contributed by atoms with Gasteiger partial charge < -0.3 is 39.1 Å². The van der Waals surface area contributed by atoms with Crippen LogP contribution in [0.4, 0.5) is 51.2 Å². The number of phenolic OH excluding ortho intramolecular Hbond substituents is 2. The van der Waals surface area contributed by atoms with E-state index in [1.807, 2.05) is 66.7 Å². The number of para-hydroxylation sites is 2. The first-order valence-electron chi connectivity index (χ1n) is 36.4. The highest BCUT2D eigenvalue weighted by molar-refractivity contribution is 5.87. The summed E-state index contributed by atoms with van der Waals surface area (Å²) < 4.78 is 15.5. The fourth-order valence-corrected chi connectivity index (χ4v) is 12.4. The lowest BCUT2D eigenvalue weighted by Gasteiger charge is -2.26. The van der Waals surface area contributed by atoms with Crippen molar-refractivity contribution in [1.29, 1.82) is 0 Å². The largest absolute Gasteiger partial charge is 0.508 e. The Hall–Kier alpha value is -13.5. The summed E-state index contributed by atoms with van der Waals surface area (Å²) in [5.74, 6) is -0.630. The zero-order valence-corrected chi connectivity index (χ0v) is 61.8. The van der Waals surface area contributed by atoms with Crippen LogP contribution in [0, 0.1) is 13.8 Å². The first-order chi connectivity index (χ1) is 53.1. The van der Waals surface area contributed by atoms with Gasteiger partial charge in [-0.3, -0.25) is 0 Å². The molecule has 0 aromatic heterocycles. The maximum absolute atomic E-state index is 11.8. The Morgan fingerprint density at radius 1 is 0.321 bits per heavy atom. The molecule has 0 atom stereocenters. The number of esters is 3. The molecule has 13 aromatic rings. The van der Waals surface area contributed by atoms with Crippen LogP contribution in [0.3, 0.4) is 0 Å². The average Bonchev–Trinajstić information content (AvgIpc) is 0.801. The smallest absolute Gasteiger partial charge is 0.333 e. The SMILES string of the molecule is C=CC(=O)OCCCc1ccc(N(c2ccccc2)c2ccccc2)cc1.C=CC(=O)OCCc1ccc(N(c2ccc(CCOC(=O)C(=C)C)cc2)c2ccc(-c3ccc(Cc4ccccc4)cc3)cc2)cc1.Cc1ccc(N(c2ccc(-c3ccc(O)cc3)cc2)c2ccc(-c3ccc(O)cc3)cc2)cc1C. The molecule has 0 saturated heterocycles. The summed E-state index contributed by atoms with van der Waals surface area (Å²) in [4.78, 5) is 40.9. The molecule has 0 amide bonds. The standard InChI is InChI=1S/C42H39NO4.C32H27NO2.C24H23NO2/c1-4-41(44)46-28-26-32-12-20-38(21-13-32)43(39-22-14-33(15-23-39)27-29-47-42(45)31(2)3)40-24-18-37(19-25-40)36-16-10-35(11-17-36)30-34-8-6-5-7-9-34;1-22-3-12-30(21-23(22)2)33(28-13-4-24(5-14-28)26-8-17-31(34)18-9-26)29-15-6-25(7-16-29)27-10-19-32(35)20-11-27;1-2-24(26)27-19-9-10-20-15-17-23(18-16-20)25(21-11-5-3-6-12-21)22-13-7-4-8-14-22/h4-25H,1-2,26-30H2,3H3;3-21,34-35H,1-2H3;2-8,11-18H,1,9-10,19H2. The van der Waals surface area contributed by atoms with Crippen LogP contribution >= 0.6 is 0 Å². The highest BCUT2D eigenvalue weighted by Gasteiger charge is 2.18. The number of rotatable bonds is 27. The molecule has 0 fully saturated rings. The van der Waals surface area contributed by atoms with Crippen LogP contribution in [0.2, 0.25) is 0 Å². The minimum absolute atomic E-state index is 0.266. The highest BCUT2D eigenvalue weighted by atomic mass is 16.5. The molecule has 13 aromatic carbocycles. The van der Waals surface area contributed by atoms with Crippen LogP contribution < -0.4 is 14.7 Å². The lowest BCUT2D eigenvalue weighted by atomic mass is 10.00. The van der Waals surface area contributed by atoms with Crippen molar-refractivity contribution in [1.82, 2.24) is 0 Å². The quantitative estimate of drug-likeness (QED) is 0.0221. The summed E-state index contributed by atoms with van der Waals surface area (Å²) in [6, 6.07) is 112. The predicted octanol–water partition coefficient (Wildman–Crippen LogP) is 23.7. The molecule has 0 heterocycles. The summed E-state index contributed by atoms with van der Waals surface area (Å²) in [7, 11) is 0.